The van der Waals surface area contributed by atoms with E-state index in [9.17, 15) is 18.0 Å². The summed E-state index contributed by atoms with van der Waals surface area (Å²) in [6.45, 7) is 0.331. The number of nitrogens with zero attached hydrogens (tertiary/aromatic N) is 2. The summed E-state index contributed by atoms with van der Waals surface area (Å²) in [5.41, 5.74) is 1.20. The molecule has 0 spiro atoms. The lowest BCUT2D eigenvalue weighted by atomic mass is 10.2. The Hall–Kier alpha value is -2.94. The highest BCUT2D eigenvalue weighted by molar-refractivity contribution is 7.15. The number of rotatable bonds is 5. The van der Waals surface area contributed by atoms with Crippen molar-refractivity contribution >= 4 is 22.4 Å². The standard InChI is InChI=1S/C17H12F3N3O2S/c18-17(19,20)15-22-23-16(26-15)21-14(24)12-7-4-8-13(9-12)25-10-11-5-2-1-3-6-11/h1-9H,10H2,(H,21,23,24). The monoisotopic (exact) mass is 379 g/mol. The third kappa shape index (κ3) is 4.57. The van der Waals surface area contributed by atoms with Crippen molar-refractivity contribution in [3.63, 3.8) is 0 Å². The van der Waals surface area contributed by atoms with Gasteiger partial charge in [-0.3, -0.25) is 10.1 Å². The molecule has 9 heteroatoms. The molecule has 1 heterocycles. The number of amides is 1. The molecule has 3 aromatic rings. The summed E-state index contributed by atoms with van der Waals surface area (Å²) in [5, 5.41) is 7.31. The van der Waals surface area contributed by atoms with Crippen molar-refractivity contribution in [3.05, 3.63) is 70.7 Å². The summed E-state index contributed by atoms with van der Waals surface area (Å²) in [4.78, 5) is 12.2. The minimum absolute atomic E-state index is 0.224. The van der Waals surface area contributed by atoms with Crippen LogP contribution in [0.15, 0.2) is 54.6 Å². The van der Waals surface area contributed by atoms with Crippen molar-refractivity contribution in [1.82, 2.24) is 10.2 Å². The number of benzene rings is 2. The van der Waals surface area contributed by atoms with E-state index in [1.165, 1.54) is 12.1 Å². The number of carbonyl (C=O) groups is 1. The third-order valence-corrected chi connectivity index (χ3v) is 4.12. The number of nitrogens with one attached hydrogen (secondary N) is 1. The fraction of sp³-hybridized carbons (Fsp3) is 0.118. The number of aromatic nitrogens is 2. The quantitative estimate of drug-likeness (QED) is 0.714. The predicted molar refractivity (Wildman–Crippen MR) is 90.1 cm³/mol. The van der Waals surface area contributed by atoms with E-state index in [4.69, 9.17) is 4.74 Å². The Morgan fingerprint density at radius 2 is 1.85 bits per heavy atom. The Morgan fingerprint density at radius 3 is 2.54 bits per heavy atom. The molecule has 0 atom stereocenters. The summed E-state index contributed by atoms with van der Waals surface area (Å²) >= 11 is 0.264. The van der Waals surface area contributed by atoms with E-state index >= 15 is 0 Å². The van der Waals surface area contributed by atoms with Crippen molar-refractivity contribution < 1.29 is 22.7 Å². The number of carbonyl (C=O) groups excluding carboxylic acids is 1. The summed E-state index contributed by atoms with van der Waals surface area (Å²) in [7, 11) is 0. The molecule has 134 valence electrons. The van der Waals surface area contributed by atoms with Gasteiger partial charge in [-0.2, -0.15) is 13.2 Å². The van der Waals surface area contributed by atoms with E-state index in [0.29, 0.717) is 12.4 Å². The summed E-state index contributed by atoms with van der Waals surface area (Å²) in [6.07, 6.45) is -4.59. The van der Waals surface area contributed by atoms with Crippen LogP contribution in [0.5, 0.6) is 5.75 Å². The molecule has 26 heavy (non-hydrogen) atoms. The van der Waals surface area contributed by atoms with Gasteiger partial charge in [0.1, 0.15) is 12.4 Å². The number of halogens is 3. The molecule has 0 aliphatic rings. The minimum Gasteiger partial charge on any atom is -0.489 e. The van der Waals surface area contributed by atoms with Crippen LogP contribution in [0.2, 0.25) is 0 Å². The van der Waals surface area contributed by atoms with Gasteiger partial charge in [0.25, 0.3) is 5.91 Å². The molecule has 0 aliphatic carbocycles. The van der Waals surface area contributed by atoms with Gasteiger partial charge in [-0.05, 0) is 23.8 Å². The van der Waals surface area contributed by atoms with Crippen LogP contribution in [0.3, 0.4) is 0 Å². The van der Waals surface area contributed by atoms with Gasteiger partial charge < -0.3 is 4.74 Å². The second kappa shape index (κ2) is 7.52. The molecule has 1 aromatic heterocycles. The summed E-state index contributed by atoms with van der Waals surface area (Å²) in [5.74, 6) is -0.130. The molecular formula is C17H12F3N3O2S. The summed E-state index contributed by atoms with van der Waals surface area (Å²) in [6, 6.07) is 15.8. The first-order chi connectivity index (χ1) is 12.4. The number of hydrogen-bond donors (Lipinski definition) is 1. The van der Waals surface area contributed by atoms with E-state index in [1.54, 1.807) is 12.1 Å². The molecule has 0 fully saturated rings. The van der Waals surface area contributed by atoms with Crippen LogP contribution < -0.4 is 10.1 Å². The van der Waals surface area contributed by atoms with Gasteiger partial charge in [-0.1, -0.05) is 47.7 Å². The Morgan fingerprint density at radius 1 is 1.08 bits per heavy atom. The second-order valence-corrected chi connectivity index (χ2v) is 6.14. The zero-order valence-electron chi connectivity index (χ0n) is 13.2. The first-order valence-corrected chi connectivity index (χ1v) is 8.22. The molecule has 0 radical (unpaired) electrons. The molecule has 0 saturated carbocycles. The molecule has 0 unspecified atom stereocenters. The average Bonchev–Trinajstić information content (AvgIpc) is 3.10. The molecule has 0 aliphatic heterocycles. The van der Waals surface area contributed by atoms with E-state index in [1.807, 2.05) is 30.3 Å². The molecule has 0 saturated heterocycles. The Labute approximate surface area is 150 Å². The lowest BCUT2D eigenvalue weighted by Crippen LogP contribution is -2.11. The zero-order chi connectivity index (χ0) is 18.6. The topological polar surface area (TPSA) is 64.1 Å². The molecule has 3 rings (SSSR count). The van der Waals surface area contributed by atoms with Crippen LogP contribution >= 0.6 is 11.3 Å². The largest absolute Gasteiger partial charge is 0.489 e. The SMILES string of the molecule is O=C(Nc1nnc(C(F)(F)F)s1)c1cccc(OCc2ccccc2)c1. The highest BCUT2D eigenvalue weighted by Crippen LogP contribution is 2.33. The fourth-order valence-corrected chi connectivity index (χ4v) is 2.63. The predicted octanol–water partition coefficient (Wildman–Crippen LogP) is 4.39. The Bertz CT molecular complexity index is 898. The normalized spacial score (nSPS) is 11.2. The molecule has 1 amide bonds. The van der Waals surface area contributed by atoms with Crippen LogP contribution in [-0.2, 0) is 12.8 Å². The lowest BCUT2D eigenvalue weighted by molar-refractivity contribution is -0.138. The average molecular weight is 379 g/mol. The number of anilines is 1. The van der Waals surface area contributed by atoms with Crippen LogP contribution in [0, 0.1) is 0 Å². The van der Waals surface area contributed by atoms with Crippen LogP contribution in [0.1, 0.15) is 20.9 Å². The Balaban J connectivity index is 1.65. The van der Waals surface area contributed by atoms with Gasteiger partial charge in [0.05, 0.1) is 0 Å². The lowest BCUT2D eigenvalue weighted by Gasteiger charge is -2.08. The maximum atomic E-state index is 12.5. The van der Waals surface area contributed by atoms with Crippen LogP contribution in [-0.4, -0.2) is 16.1 Å². The Kier molecular flexibility index (Phi) is 5.17. The van der Waals surface area contributed by atoms with E-state index in [2.05, 4.69) is 15.5 Å². The first kappa shape index (κ1) is 17.9. The van der Waals surface area contributed by atoms with Gasteiger partial charge >= 0.3 is 6.18 Å². The van der Waals surface area contributed by atoms with Gasteiger partial charge in [-0.25, -0.2) is 0 Å². The molecule has 2 aromatic carbocycles. The summed E-state index contributed by atoms with van der Waals surface area (Å²) < 4.78 is 43.2. The smallest absolute Gasteiger partial charge is 0.445 e. The highest BCUT2D eigenvalue weighted by atomic mass is 32.1. The van der Waals surface area contributed by atoms with Gasteiger partial charge in [0.15, 0.2) is 0 Å². The first-order valence-electron chi connectivity index (χ1n) is 7.40. The molecular weight excluding hydrogens is 367 g/mol. The van der Waals surface area contributed by atoms with Gasteiger partial charge in [-0.15, -0.1) is 10.2 Å². The van der Waals surface area contributed by atoms with Crippen LogP contribution in [0.25, 0.3) is 0 Å². The maximum absolute atomic E-state index is 12.5. The van der Waals surface area contributed by atoms with E-state index in [-0.39, 0.29) is 22.0 Å². The van der Waals surface area contributed by atoms with Crippen LogP contribution in [0.4, 0.5) is 18.3 Å². The van der Waals surface area contributed by atoms with Gasteiger partial charge in [0, 0.05) is 5.56 Å². The zero-order valence-corrected chi connectivity index (χ0v) is 14.0. The number of hydrogen-bond acceptors (Lipinski definition) is 5. The second-order valence-electron chi connectivity index (χ2n) is 5.17. The third-order valence-electron chi connectivity index (χ3n) is 3.23. The van der Waals surface area contributed by atoms with Crippen molar-refractivity contribution in [1.29, 1.82) is 0 Å². The molecule has 5 nitrogen and oxygen atoms in total. The van der Waals surface area contributed by atoms with E-state index in [0.717, 1.165) is 5.56 Å². The number of ether oxygens (including phenoxy) is 1. The maximum Gasteiger partial charge on any atom is 0.445 e. The van der Waals surface area contributed by atoms with Crippen molar-refractivity contribution in [3.8, 4) is 5.75 Å². The minimum atomic E-state index is -4.59. The molecule has 0 bridgehead atoms. The highest BCUT2D eigenvalue weighted by Gasteiger charge is 2.35. The van der Waals surface area contributed by atoms with Crippen molar-refractivity contribution in [2.45, 2.75) is 12.8 Å². The number of alkyl halides is 3. The molecule has 1 N–H and O–H groups in total. The van der Waals surface area contributed by atoms with E-state index < -0.39 is 17.1 Å². The van der Waals surface area contributed by atoms with Gasteiger partial charge in [0.2, 0.25) is 10.1 Å². The van der Waals surface area contributed by atoms with Crippen molar-refractivity contribution in [2.24, 2.45) is 0 Å². The fourth-order valence-electron chi connectivity index (χ4n) is 2.03. The van der Waals surface area contributed by atoms with Crippen molar-refractivity contribution in [2.75, 3.05) is 5.32 Å².